The number of hydrogen-bond donors (Lipinski definition) is 1. The standard InChI is InChI=1S/C16H33NO/c1-4-13-17-16(12-11-14(2)18-3)15-9-7-5-6-8-10-15/h14-17H,4-13H2,1-3H3. The van der Waals surface area contributed by atoms with E-state index in [1.807, 2.05) is 7.11 Å². The predicted octanol–water partition coefficient (Wildman–Crippen LogP) is 4.14. The van der Waals surface area contributed by atoms with E-state index in [0.717, 1.165) is 12.0 Å². The van der Waals surface area contributed by atoms with Crippen molar-refractivity contribution in [3.8, 4) is 0 Å². The summed E-state index contributed by atoms with van der Waals surface area (Å²) in [5.74, 6) is 0.906. The van der Waals surface area contributed by atoms with Crippen LogP contribution in [0.5, 0.6) is 0 Å². The van der Waals surface area contributed by atoms with E-state index in [1.165, 1.54) is 64.3 Å². The Bertz CT molecular complexity index is 188. The van der Waals surface area contributed by atoms with Crippen molar-refractivity contribution in [3.63, 3.8) is 0 Å². The van der Waals surface area contributed by atoms with Crippen molar-refractivity contribution in [1.29, 1.82) is 0 Å². The van der Waals surface area contributed by atoms with E-state index >= 15 is 0 Å². The monoisotopic (exact) mass is 255 g/mol. The Labute approximate surface area is 114 Å². The first kappa shape index (κ1) is 16.0. The zero-order valence-electron chi connectivity index (χ0n) is 12.7. The van der Waals surface area contributed by atoms with Gasteiger partial charge in [-0.1, -0.05) is 32.6 Å². The predicted molar refractivity (Wildman–Crippen MR) is 79.0 cm³/mol. The van der Waals surface area contributed by atoms with Crippen LogP contribution in [0.25, 0.3) is 0 Å². The molecule has 0 aromatic rings. The van der Waals surface area contributed by atoms with Crippen molar-refractivity contribution in [2.75, 3.05) is 13.7 Å². The second-order valence-corrected chi connectivity index (χ2v) is 5.94. The maximum Gasteiger partial charge on any atom is 0.0543 e. The van der Waals surface area contributed by atoms with Crippen LogP contribution in [0.3, 0.4) is 0 Å². The highest BCUT2D eigenvalue weighted by Gasteiger charge is 2.22. The SMILES string of the molecule is CCCNC(CCC(C)OC)C1CCCCCC1. The van der Waals surface area contributed by atoms with Gasteiger partial charge in [-0.3, -0.25) is 0 Å². The fourth-order valence-corrected chi connectivity index (χ4v) is 3.08. The lowest BCUT2D eigenvalue weighted by Crippen LogP contribution is -2.37. The minimum absolute atomic E-state index is 0.404. The molecule has 1 aliphatic carbocycles. The smallest absolute Gasteiger partial charge is 0.0543 e. The zero-order valence-corrected chi connectivity index (χ0v) is 12.7. The molecule has 0 aliphatic heterocycles. The summed E-state index contributed by atoms with van der Waals surface area (Å²) < 4.78 is 5.39. The van der Waals surface area contributed by atoms with E-state index in [9.17, 15) is 0 Å². The van der Waals surface area contributed by atoms with Crippen LogP contribution in [0, 0.1) is 5.92 Å². The number of hydrogen-bond acceptors (Lipinski definition) is 2. The highest BCUT2D eigenvalue weighted by molar-refractivity contribution is 4.79. The quantitative estimate of drug-likeness (QED) is 0.658. The van der Waals surface area contributed by atoms with E-state index in [0.29, 0.717) is 6.10 Å². The maximum atomic E-state index is 5.39. The van der Waals surface area contributed by atoms with Gasteiger partial charge in [-0.25, -0.2) is 0 Å². The van der Waals surface area contributed by atoms with Crippen LogP contribution in [-0.2, 0) is 4.74 Å². The molecule has 1 aliphatic rings. The first-order valence-corrected chi connectivity index (χ1v) is 8.04. The first-order chi connectivity index (χ1) is 8.77. The zero-order chi connectivity index (χ0) is 13.2. The van der Waals surface area contributed by atoms with Gasteiger partial charge in [0.15, 0.2) is 0 Å². The molecular weight excluding hydrogens is 222 g/mol. The number of rotatable bonds is 8. The third-order valence-corrected chi connectivity index (χ3v) is 4.41. The molecule has 0 bridgehead atoms. The molecule has 1 saturated carbocycles. The second-order valence-electron chi connectivity index (χ2n) is 5.94. The molecule has 108 valence electrons. The number of methoxy groups -OCH3 is 1. The Morgan fingerprint density at radius 1 is 1.11 bits per heavy atom. The number of ether oxygens (including phenoxy) is 1. The topological polar surface area (TPSA) is 21.3 Å². The highest BCUT2D eigenvalue weighted by atomic mass is 16.5. The Hall–Kier alpha value is -0.0800. The van der Waals surface area contributed by atoms with E-state index in [1.54, 1.807) is 0 Å². The molecule has 2 unspecified atom stereocenters. The molecule has 2 nitrogen and oxygen atoms in total. The van der Waals surface area contributed by atoms with Crippen LogP contribution in [0.1, 0.15) is 71.6 Å². The fourth-order valence-electron chi connectivity index (χ4n) is 3.08. The van der Waals surface area contributed by atoms with Gasteiger partial charge in [-0.15, -0.1) is 0 Å². The lowest BCUT2D eigenvalue weighted by molar-refractivity contribution is 0.102. The normalized spacial score (nSPS) is 21.5. The minimum Gasteiger partial charge on any atom is -0.382 e. The third-order valence-electron chi connectivity index (χ3n) is 4.41. The molecular formula is C16H33NO. The van der Waals surface area contributed by atoms with Gasteiger partial charge in [0.2, 0.25) is 0 Å². The maximum absolute atomic E-state index is 5.39. The molecule has 2 atom stereocenters. The summed E-state index contributed by atoms with van der Waals surface area (Å²) >= 11 is 0. The summed E-state index contributed by atoms with van der Waals surface area (Å²) in [5, 5.41) is 3.79. The van der Waals surface area contributed by atoms with E-state index in [2.05, 4.69) is 19.2 Å². The van der Waals surface area contributed by atoms with Gasteiger partial charge >= 0.3 is 0 Å². The van der Waals surface area contributed by atoms with Crippen LogP contribution < -0.4 is 5.32 Å². The lowest BCUT2D eigenvalue weighted by Gasteiger charge is -2.28. The molecule has 0 aromatic carbocycles. The molecule has 0 amide bonds. The van der Waals surface area contributed by atoms with Crippen LogP contribution in [-0.4, -0.2) is 25.8 Å². The van der Waals surface area contributed by atoms with Gasteiger partial charge in [-0.2, -0.15) is 0 Å². The average molecular weight is 255 g/mol. The summed E-state index contributed by atoms with van der Waals surface area (Å²) in [4.78, 5) is 0. The molecule has 1 N–H and O–H groups in total. The van der Waals surface area contributed by atoms with Gasteiger partial charge in [0, 0.05) is 13.2 Å². The van der Waals surface area contributed by atoms with Crippen LogP contribution in [0.4, 0.5) is 0 Å². The molecule has 0 radical (unpaired) electrons. The minimum atomic E-state index is 0.404. The largest absolute Gasteiger partial charge is 0.382 e. The molecule has 1 fully saturated rings. The van der Waals surface area contributed by atoms with Gasteiger partial charge in [0.25, 0.3) is 0 Å². The average Bonchev–Trinajstić information content (AvgIpc) is 2.67. The van der Waals surface area contributed by atoms with Crippen LogP contribution in [0.15, 0.2) is 0 Å². The first-order valence-electron chi connectivity index (χ1n) is 8.04. The Balaban J connectivity index is 2.41. The van der Waals surface area contributed by atoms with Crippen molar-refractivity contribution in [3.05, 3.63) is 0 Å². The molecule has 2 heteroatoms. The van der Waals surface area contributed by atoms with Crippen molar-refractivity contribution < 1.29 is 4.74 Å². The Kier molecular flexibility index (Phi) is 8.70. The van der Waals surface area contributed by atoms with Crippen LogP contribution in [0.2, 0.25) is 0 Å². The van der Waals surface area contributed by atoms with Gasteiger partial charge in [0.1, 0.15) is 0 Å². The summed E-state index contributed by atoms with van der Waals surface area (Å²) in [5.41, 5.74) is 0. The van der Waals surface area contributed by atoms with Crippen molar-refractivity contribution in [1.82, 2.24) is 5.32 Å². The lowest BCUT2D eigenvalue weighted by atomic mass is 9.88. The summed E-state index contributed by atoms with van der Waals surface area (Å²) in [6.45, 7) is 5.61. The molecule has 0 aromatic heterocycles. The number of nitrogens with one attached hydrogen (secondary N) is 1. The third kappa shape index (κ3) is 6.19. The Morgan fingerprint density at radius 2 is 1.78 bits per heavy atom. The van der Waals surface area contributed by atoms with E-state index < -0.39 is 0 Å². The van der Waals surface area contributed by atoms with Crippen molar-refractivity contribution in [2.45, 2.75) is 83.8 Å². The van der Waals surface area contributed by atoms with E-state index in [4.69, 9.17) is 4.74 Å². The Morgan fingerprint density at radius 3 is 2.33 bits per heavy atom. The fraction of sp³-hybridized carbons (Fsp3) is 1.00. The van der Waals surface area contributed by atoms with Crippen molar-refractivity contribution in [2.24, 2.45) is 5.92 Å². The van der Waals surface area contributed by atoms with E-state index in [-0.39, 0.29) is 0 Å². The van der Waals surface area contributed by atoms with Gasteiger partial charge in [0.05, 0.1) is 6.10 Å². The summed E-state index contributed by atoms with van der Waals surface area (Å²) in [7, 11) is 1.82. The molecule has 1 rings (SSSR count). The van der Waals surface area contributed by atoms with Gasteiger partial charge in [-0.05, 0) is 51.5 Å². The molecule has 0 spiro atoms. The molecule has 0 saturated heterocycles. The van der Waals surface area contributed by atoms with Crippen LogP contribution >= 0.6 is 0 Å². The highest BCUT2D eigenvalue weighted by Crippen LogP contribution is 2.27. The van der Waals surface area contributed by atoms with Gasteiger partial charge < -0.3 is 10.1 Å². The second kappa shape index (κ2) is 9.80. The summed E-state index contributed by atoms with van der Waals surface area (Å²) in [6, 6.07) is 0.723. The summed E-state index contributed by atoms with van der Waals surface area (Å²) in [6.07, 6.45) is 12.8. The molecule has 18 heavy (non-hydrogen) atoms. The molecule has 0 heterocycles. The van der Waals surface area contributed by atoms with Crippen molar-refractivity contribution >= 4 is 0 Å².